The Bertz CT molecular complexity index is 1690. The normalized spacial score (nSPS) is 11.3. The molecule has 0 aliphatic rings. The molecule has 0 fully saturated rings. The molecule has 0 saturated carbocycles. The number of nitrogens with one attached hydrogen (secondary N) is 1. The predicted molar refractivity (Wildman–Crippen MR) is 145 cm³/mol. The van der Waals surface area contributed by atoms with Gasteiger partial charge in [-0.05, 0) is 60.7 Å². The minimum atomic E-state index is -0.193. The summed E-state index contributed by atoms with van der Waals surface area (Å²) in [6.07, 6.45) is 9.01. The second-order valence-electron chi connectivity index (χ2n) is 10.2. The van der Waals surface area contributed by atoms with E-state index >= 15 is 0 Å². The van der Waals surface area contributed by atoms with E-state index < -0.39 is 0 Å². The van der Waals surface area contributed by atoms with E-state index in [9.17, 15) is 4.79 Å². The smallest absolute Gasteiger partial charge is 0.255 e. The maximum Gasteiger partial charge on any atom is 0.255 e. The van der Waals surface area contributed by atoms with Gasteiger partial charge in [-0.25, -0.2) is 14.5 Å². The minimum absolute atomic E-state index is 0.0915. The average molecular weight is 489 g/mol. The number of hydrogen-bond acceptors (Lipinski definition) is 4. The molecule has 0 saturated heterocycles. The van der Waals surface area contributed by atoms with Crippen LogP contribution in [0.15, 0.2) is 73.6 Å². The fraction of sp³-hybridized carbons (Fsp3) is 0.200. The van der Waals surface area contributed by atoms with E-state index in [1.54, 1.807) is 23.2 Å². The molecule has 7 heteroatoms. The molecule has 0 aliphatic heterocycles. The number of nitrogens with zero attached hydrogens (tertiary/aromatic N) is 5. The van der Waals surface area contributed by atoms with Gasteiger partial charge >= 0.3 is 0 Å². The van der Waals surface area contributed by atoms with Crippen LogP contribution < -0.4 is 5.32 Å². The molecule has 5 rings (SSSR count). The molecule has 0 atom stereocenters. The van der Waals surface area contributed by atoms with Crippen molar-refractivity contribution >= 4 is 17.2 Å². The molecule has 37 heavy (non-hydrogen) atoms. The first-order valence-corrected chi connectivity index (χ1v) is 12.1. The molecule has 7 nitrogen and oxygen atoms in total. The third-order valence-corrected chi connectivity index (χ3v) is 6.14. The molecule has 3 heterocycles. The Hall–Kier alpha value is -4.70. The third-order valence-electron chi connectivity index (χ3n) is 6.14. The molecule has 3 aromatic heterocycles. The number of fused-ring (bicyclic) bond motifs is 1. The number of imidazole rings is 1. The number of amides is 1. The quantitative estimate of drug-likeness (QED) is 0.341. The van der Waals surface area contributed by atoms with Crippen LogP contribution in [-0.2, 0) is 5.41 Å². The van der Waals surface area contributed by atoms with Gasteiger partial charge in [-0.1, -0.05) is 38.7 Å². The van der Waals surface area contributed by atoms with E-state index in [0.717, 1.165) is 45.0 Å². The lowest BCUT2D eigenvalue weighted by Gasteiger charge is -2.22. The summed E-state index contributed by atoms with van der Waals surface area (Å²) < 4.78 is 3.65. The van der Waals surface area contributed by atoms with Crippen molar-refractivity contribution < 1.29 is 4.79 Å². The number of anilines is 1. The molecule has 2 aromatic carbocycles. The lowest BCUT2D eigenvalue weighted by atomic mass is 9.86. The van der Waals surface area contributed by atoms with Crippen molar-refractivity contribution in [2.24, 2.45) is 0 Å². The highest BCUT2D eigenvalue weighted by atomic mass is 16.1. The molecule has 0 spiro atoms. The number of carbonyl (C=O) groups is 1. The van der Waals surface area contributed by atoms with Gasteiger partial charge in [0.1, 0.15) is 0 Å². The molecule has 0 bridgehead atoms. The zero-order valence-electron chi connectivity index (χ0n) is 21.6. The Labute approximate surface area is 216 Å². The van der Waals surface area contributed by atoms with Crippen molar-refractivity contribution in [1.29, 1.82) is 0 Å². The van der Waals surface area contributed by atoms with Crippen LogP contribution in [0.2, 0.25) is 0 Å². The van der Waals surface area contributed by atoms with E-state index in [1.165, 1.54) is 0 Å². The van der Waals surface area contributed by atoms with Crippen LogP contribution in [0.25, 0.3) is 11.3 Å². The van der Waals surface area contributed by atoms with Crippen molar-refractivity contribution in [1.82, 2.24) is 24.1 Å². The van der Waals surface area contributed by atoms with E-state index in [2.05, 4.69) is 59.1 Å². The van der Waals surface area contributed by atoms with Crippen LogP contribution >= 0.6 is 0 Å². The standard InChI is InChI=1S/C30H28N6O/c1-20-6-8-24(12-23(20)9-7-22-16-31-28-10-11-33-36(28)18-22)29(37)34-26-13-25(30(3,4)5)14-27(15-26)35-17-21(2)32-19-35/h6,8,10-19H,1-5H3,(H,34,37). The van der Waals surface area contributed by atoms with Gasteiger partial charge in [0.2, 0.25) is 0 Å². The number of aryl methyl sites for hydroxylation is 2. The largest absolute Gasteiger partial charge is 0.322 e. The van der Waals surface area contributed by atoms with E-state index in [-0.39, 0.29) is 11.3 Å². The van der Waals surface area contributed by atoms with Gasteiger partial charge in [0.25, 0.3) is 5.91 Å². The van der Waals surface area contributed by atoms with Crippen LogP contribution in [0.4, 0.5) is 5.69 Å². The van der Waals surface area contributed by atoms with Crippen LogP contribution in [0.3, 0.4) is 0 Å². The van der Waals surface area contributed by atoms with Gasteiger partial charge < -0.3 is 9.88 Å². The summed E-state index contributed by atoms with van der Waals surface area (Å²) in [5, 5.41) is 7.29. The monoisotopic (exact) mass is 488 g/mol. The van der Waals surface area contributed by atoms with Crippen LogP contribution in [0, 0.1) is 25.7 Å². The molecular weight excluding hydrogens is 460 g/mol. The molecule has 1 N–H and O–H groups in total. The first-order valence-electron chi connectivity index (χ1n) is 12.1. The lowest BCUT2D eigenvalue weighted by Crippen LogP contribution is -2.16. The van der Waals surface area contributed by atoms with Crippen molar-refractivity contribution in [3.05, 3.63) is 107 Å². The number of aromatic nitrogens is 5. The first-order chi connectivity index (χ1) is 17.7. The number of benzene rings is 2. The summed E-state index contributed by atoms with van der Waals surface area (Å²) in [5.74, 6) is 6.13. The van der Waals surface area contributed by atoms with Crippen LogP contribution in [0.5, 0.6) is 0 Å². The molecule has 1 amide bonds. The molecular formula is C30H28N6O. The summed E-state index contributed by atoms with van der Waals surface area (Å²) >= 11 is 0. The Morgan fingerprint density at radius 3 is 2.57 bits per heavy atom. The highest BCUT2D eigenvalue weighted by Crippen LogP contribution is 2.28. The van der Waals surface area contributed by atoms with Crippen LogP contribution in [-0.4, -0.2) is 30.1 Å². The zero-order valence-corrected chi connectivity index (χ0v) is 21.6. The summed E-state index contributed by atoms with van der Waals surface area (Å²) in [6.45, 7) is 10.4. The molecule has 5 aromatic rings. The highest BCUT2D eigenvalue weighted by molar-refractivity contribution is 6.04. The van der Waals surface area contributed by atoms with Crippen LogP contribution in [0.1, 0.15) is 59.1 Å². The zero-order chi connectivity index (χ0) is 26.2. The lowest BCUT2D eigenvalue weighted by molar-refractivity contribution is 0.102. The van der Waals surface area contributed by atoms with Crippen molar-refractivity contribution in [2.45, 2.75) is 40.0 Å². The van der Waals surface area contributed by atoms with E-state index in [4.69, 9.17) is 0 Å². The van der Waals surface area contributed by atoms with Gasteiger partial charge in [0.05, 0.1) is 23.8 Å². The van der Waals surface area contributed by atoms with Gasteiger partial charge in [0, 0.05) is 47.2 Å². The SMILES string of the molecule is Cc1cn(-c2cc(NC(=O)c3ccc(C)c(C#Cc4cnc5ccnn5c4)c3)cc(C(C)(C)C)c2)cn1. The Kier molecular flexibility index (Phi) is 6.10. The topological polar surface area (TPSA) is 77.1 Å². The van der Waals surface area contributed by atoms with Gasteiger partial charge in [-0.2, -0.15) is 5.10 Å². The molecule has 0 unspecified atom stereocenters. The second-order valence-corrected chi connectivity index (χ2v) is 10.2. The summed E-state index contributed by atoms with van der Waals surface area (Å²) in [4.78, 5) is 22.0. The number of hydrogen-bond donors (Lipinski definition) is 1. The number of carbonyl (C=O) groups excluding carboxylic acids is 1. The maximum atomic E-state index is 13.3. The summed E-state index contributed by atoms with van der Waals surface area (Å²) in [6, 6.07) is 13.5. The summed E-state index contributed by atoms with van der Waals surface area (Å²) in [7, 11) is 0. The van der Waals surface area contributed by atoms with Crippen molar-refractivity contribution in [3.8, 4) is 17.5 Å². The second kappa shape index (κ2) is 9.40. The Balaban J connectivity index is 1.43. The van der Waals surface area contributed by atoms with Gasteiger partial charge in [-0.15, -0.1) is 0 Å². The molecule has 0 aliphatic carbocycles. The predicted octanol–water partition coefficient (Wildman–Crippen LogP) is 5.48. The molecule has 0 radical (unpaired) electrons. The Morgan fingerprint density at radius 1 is 0.973 bits per heavy atom. The minimum Gasteiger partial charge on any atom is -0.322 e. The van der Waals surface area contributed by atoms with Crippen molar-refractivity contribution in [3.63, 3.8) is 0 Å². The summed E-state index contributed by atoms with van der Waals surface area (Å²) in [5.41, 5.74) is 7.45. The molecule has 184 valence electrons. The van der Waals surface area contributed by atoms with Crippen molar-refractivity contribution in [2.75, 3.05) is 5.32 Å². The fourth-order valence-corrected chi connectivity index (χ4v) is 3.94. The first kappa shape index (κ1) is 24.0. The van der Waals surface area contributed by atoms with E-state index in [0.29, 0.717) is 5.56 Å². The Morgan fingerprint density at radius 2 is 1.81 bits per heavy atom. The van der Waals surface area contributed by atoms with E-state index in [1.807, 2.05) is 67.2 Å². The van der Waals surface area contributed by atoms with Gasteiger partial charge in [-0.3, -0.25) is 4.79 Å². The maximum absolute atomic E-state index is 13.3. The average Bonchev–Trinajstić information content (AvgIpc) is 3.51. The third kappa shape index (κ3) is 5.29. The number of rotatable bonds is 3. The highest BCUT2D eigenvalue weighted by Gasteiger charge is 2.17. The van der Waals surface area contributed by atoms with Gasteiger partial charge in [0.15, 0.2) is 5.65 Å². The fourth-order valence-electron chi connectivity index (χ4n) is 3.94.